The third-order valence-corrected chi connectivity index (χ3v) is 12.2. The molecule has 2 fully saturated rings. The van der Waals surface area contributed by atoms with Gasteiger partial charge in [0.15, 0.2) is 8.32 Å². The molecule has 0 aromatic carbocycles. The molecule has 0 aromatic rings. The third kappa shape index (κ3) is 3.49. The lowest BCUT2D eigenvalue weighted by Gasteiger charge is -2.48. The van der Waals surface area contributed by atoms with Gasteiger partial charge in [0.1, 0.15) is 11.1 Å². The van der Waals surface area contributed by atoms with Gasteiger partial charge in [-0.15, -0.1) is 0 Å². The van der Waals surface area contributed by atoms with E-state index in [0.29, 0.717) is 11.5 Å². The van der Waals surface area contributed by atoms with Crippen molar-refractivity contribution < 1.29 is 23.9 Å². The predicted molar refractivity (Wildman–Crippen MR) is 108 cm³/mol. The summed E-state index contributed by atoms with van der Waals surface area (Å²) in [6, 6.07) is 0. The van der Waals surface area contributed by atoms with Gasteiger partial charge in [-0.2, -0.15) is 0 Å². The molecule has 3 heterocycles. The van der Waals surface area contributed by atoms with E-state index in [2.05, 4.69) is 33.9 Å². The molecule has 0 radical (unpaired) electrons. The maximum absolute atomic E-state index is 13.0. The molecule has 8 heteroatoms. The highest BCUT2D eigenvalue weighted by molar-refractivity contribution is 8.04. The van der Waals surface area contributed by atoms with E-state index in [4.69, 9.17) is 9.16 Å². The van der Waals surface area contributed by atoms with Crippen LogP contribution in [-0.4, -0.2) is 54.4 Å². The molecule has 4 atom stereocenters. The molecule has 1 unspecified atom stereocenters. The smallest absolute Gasteiger partial charge is 0.353 e. The number of nitrogens with zero attached hydrogens (tertiary/aromatic N) is 1. The van der Waals surface area contributed by atoms with Crippen LogP contribution in [0.15, 0.2) is 10.6 Å². The van der Waals surface area contributed by atoms with Crippen LogP contribution in [0.1, 0.15) is 47.0 Å². The largest absolute Gasteiger partial charge is 0.477 e. The van der Waals surface area contributed by atoms with Gasteiger partial charge < -0.3 is 14.3 Å². The van der Waals surface area contributed by atoms with Gasteiger partial charge in [0.2, 0.25) is 5.91 Å². The molecular weight excluding hydrogens is 382 g/mol. The average molecular weight is 414 g/mol. The van der Waals surface area contributed by atoms with Crippen LogP contribution < -0.4 is 0 Å². The molecule has 0 saturated carbocycles. The molecule has 0 aliphatic carbocycles. The predicted octanol–water partition coefficient (Wildman–Crippen LogP) is 3.79. The molecule has 152 valence electrons. The van der Waals surface area contributed by atoms with Crippen molar-refractivity contribution in [1.29, 1.82) is 0 Å². The van der Waals surface area contributed by atoms with Crippen LogP contribution in [0.3, 0.4) is 0 Å². The number of carbonyl (C=O) groups excluding carboxylic acids is 1. The van der Waals surface area contributed by atoms with Crippen LogP contribution in [0.4, 0.5) is 0 Å². The molecule has 1 amide bonds. The average Bonchev–Trinajstić information content (AvgIpc) is 3.18. The highest BCUT2D eigenvalue weighted by Crippen LogP contribution is 2.54. The van der Waals surface area contributed by atoms with E-state index in [0.717, 1.165) is 19.3 Å². The van der Waals surface area contributed by atoms with Crippen LogP contribution in [0.2, 0.25) is 18.1 Å². The van der Waals surface area contributed by atoms with Crippen molar-refractivity contribution in [3.05, 3.63) is 10.6 Å². The van der Waals surface area contributed by atoms with Gasteiger partial charge in [-0.3, -0.25) is 9.69 Å². The van der Waals surface area contributed by atoms with Crippen LogP contribution in [0.5, 0.6) is 0 Å². The molecule has 6 nitrogen and oxygen atoms in total. The Labute approximate surface area is 166 Å². The maximum Gasteiger partial charge on any atom is 0.353 e. The second-order valence-electron chi connectivity index (χ2n) is 9.09. The summed E-state index contributed by atoms with van der Waals surface area (Å²) in [6.07, 6.45) is 2.12. The Morgan fingerprint density at radius 1 is 1.44 bits per heavy atom. The Kier molecular flexibility index (Phi) is 5.57. The van der Waals surface area contributed by atoms with Gasteiger partial charge in [0, 0.05) is 11.5 Å². The van der Waals surface area contributed by atoms with Crippen molar-refractivity contribution >= 4 is 32.0 Å². The molecule has 27 heavy (non-hydrogen) atoms. The first-order chi connectivity index (χ1) is 12.5. The van der Waals surface area contributed by atoms with Gasteiger partial charge in [0.25, 0.3) is 0 Å². The van der Waals surface area contributed by atoms with Crippen molar-refractivity contribution in [3.63, 3.8) is 0 Å². The Morgan fingerprint density at radius 3 is 2.59 bits per heavy atom. The number of β-lactam (4-membered cyclic amide) rings is 1. The molecule has 3 aliphatic rings. The number of carboxylic acid groups (broad SMARTS) is 1. The standard InChI is InChI=1S/C19H31NO5SSi/c1-7-11(25-27(5,6)19(2,3)4)13-16(21)20-14(18(22)23)15(26-17(13)20)12-9-8-10-24-12/h11-13,17H,7-10H2,1-6H3,(H,22,23)/t11-,12?,13+,17-/m0/s1. The van der Waals surface area contributed by atoms with E-state index in [1.54, 1.807) is 0 Å². The minimum atomic E-state index is -2.02. The molecule has 0 spiro atoms. The zero-order valence-electron chi connectivity index (χ0n) is 17.1. The minimum absolute atomic E-state index is 0.0586. The van der Waals surface area contributed by atoms with E-state index in [-0.39, 0.29) is 40.1 Å². The first kappa shape index (κ1) is 20.9. The number of hydrogen-bond donors (Lipinski definition) is 1. The fraction of sp³-hybridized carbons (Fsp3) is 0.789. The topological polar surface area (TPSA) is 76.1 Å². The van der Waals surface area contributed by atoms with Crippen molar-refractivity contribution in [2.24, 2.45) is 5.92 Å². The number of carbonyl (C=O) groups is 2. The van der Waals surface area contributed by atoms with E-state index >= 15 is 0 Å². The second-order valence-corrected chi connectivity index (χ2v) is 15.0. The van der Waals surface area contributed by atoms with Crippen LogP contribution in [-0.2, 0) is 18.8 Å². The number of ether oxygens (including phenoxy) is 1. The first-order valence-electron chi connectivity index (χ1n) is 9.76. The van der Waals surface area contributed by atoms with Crippen LogP contribution >= 0.6 is 11.8 Å². The number of thioether (sulfide) groups is 1. The number of carboxylic acids is 1. The Morgan fingerprint density at radius 2 is 2.11 bits per heavy atom. The zero-order chi connectivity index (χ0) is 20.1. The van der Waals surface area contributed by atoms with Crippen molar-refractivity contribution in [1.82, 2.24) is 4.90 Å². The summed E-state index contributed by atoms with van der Waals surface area (Å²) in [5.74, 6) is -1.45. The summed E-state index contributed by atoms with van der Waals surface area (Å²) < 4.78 is 12.3. The van der Waals surface area contributed by atoms with Crippen LogP contribution in [0, 0.1) is 5.92 Å². The maximum atomic E-state index is 13.0. The van der Waals surface area contributed by atoms with Gasteiger partial charge >= 0.3 is 5.97 Å². The first-order valence-corrected chi connectivity index (χ1v) is 13.5. The highest BCUT2D eigenvalue weighted by atomic mass is 32.2. The van der Waals surface area contributed by atoms with Crippen LogP contribution in [0.25, 0.3) is 0 Å². The summed E-state index contributed by atoms with van der Waals surface area (Å²) in [4.78, 5) is 27.0. The lowest BCUT2D eigenvalue weighted by atomic mass is 9.89. The van der Waals surface area contributed by atoms with Gasteiger partial charge in [-0.25, -0.2) is 4.79 Å². The van der Waals surface area contributed by atoms with E-state index in [9.17, 15) is 14.7 Å². The van der Waals surface area contributed by atoms with E-state index in [1.165, 1.54) is 16.7 Å². The van der Waals surface area contributed by atoms with Crippen molar-refractivity contribution in [3.8, 4) is 0 Å². The van der Waals surface area contributed by atoms with E-state index in [1.807, 2.05) is 6.92 Å². The second kappa shape index (κ2) is 7.20. The van der Waals surface area contributed by atoms with Gasteiger partial charge in [0.05, 0.1) is 18.1 Å². The summed E-state index contributed by atoms with van der Waals surface area (Å²) in [5, 5.41) is 9.59. The number of fused-ring (bicyclic) bond motifs is 1. The SMILES string of the molecule is CC[C@H](O[Si](C)(C)C(C)(C)C)[C@@H]1C(=O)N2C(C(=O)O)=C(C3CCCO3)S[C@@H]12. The summed E-state index contributed by atoms with van der Waals surface area (Å²) in [7, 11) is -2.02. The fourth-order valence-corrected chi connectivity index (χ4v) is 6.76. The zero-order valence-corrected chi connectivity index (χ0v) is 18.9. The fourth-order valence-electron chi connectivity index (χ4n) is 3.68. The van der Waals surface area contributed by atoms with E-state index < -0.39 is 14.3 Å². The Bertz CT molecular complexity index is 666. The number of aliphatic carboxylic acids is 1. The monoisotopic (exact) mass is 413 g/mol. The molecule has 0 bridgehead atoms. The minimum Gasteiger partial charge on any atom is -0.477 e. The summed E-state index contributed by atoms with van der Waals surface area (Å²) >= 11 is 1.50. The Balaban J connectivity index is 1.82. The van der Waals surface area contributed by atoms with Crippen molar-refractivity contribution in [2.75, 3.05) is 6.61 Å². The molecule has 3 aliphatic heterocycles. The molecule has 3 rings (SSSR count). The number of rotatable bonds is 6. The molecule has 1 N–H and O–H groups in total. The molecule has 2 saturated heterocycles. The normalized spacial score (nSPS) is 29.8. The molecular formula is C19H31NO5SSi. The summed E-state index contributed by atoms with van der Waals surface area (Å²) in [5.41, 5.74) is 0.125. The quantitative estimate of drug-likeness (QED) is 0.527. The highest BCUT2D eigenvalue weighted by Gasteiger charge is 2.60. The van der Waals surface area contributed by atoms with Gasteiger partial charge in [-0.05, 0) is 37.4 Å². The van der Waals surface area contributed by atoms with Crippen molar-refractivity contribution in [2.45, 2.75) is 82.7 Å². The third-order valence-electron chi connectivity index (χ3n) is 6.29. The van der Waals surface area contributed by atoms with Gasteiger partial charge in [-0.1, -0.05) is 39.5 Å². The Hall–Kier alpha value is -0.833. The number of hydrogen-bond acceptors (Lipinski definition) is 5. The lowest BCUT2D eigenvalue weighted by Crippen LogP contribution is -2.63. The summed E-state index contributed by atoms with van der Waals surface area (Å²) in [6.45, 7) is 13.6. The lowest BCUT2D eigenvalue weighted by molar-refractivity contribution is -0.156. The molecule has 0 aromatic heterocycles. The number of amides is 1.